The van der Waals surface area contributed by atoms with E-state index in [1.807, 2.05) is 0 Å². The first-order valence-corrected chi connectivity index (χ1v) is 3.39. The van der Waals surface area contributed by atoms with E-state index < -0.39 is 0 Å². The minimum absolute atomic E-state index is 0. The third kappa shape index (κ3) is 6.25. The summed E-state index contributed by atoms with van der Waals surface area (Å²) in [5.74, 6) is 0. The molecule has 1 unspecified atom stereocenters. The fourth-order valence-electron chi connectivity index (χ4n) is 0.517. The Labute approximate surface area is 57.0 Å². The van der Waals surface area contributed by atoms with Gasteiger partial charge in [0, 0.05) is 5.38 Å². The molecule has 0 saturated carbocycles. The molecular formula is C6H16ClN. The maximum absolute atomic E-state index is 5.77. The minimum atomic E-state index is 0. The number of hydrogen-bond acceptors (Lipinski definition) is 1. The van der Waals surface area contributed by atoms with Crippen LogP contribution in [-0.2, 0) is 0 Å². The largest absolute Gasteiger partial charge is 0.344 e. The highest BCUT2D eigenvalue weighted by molar-refractivity contribution is 6.20. The Hall–Kier alpha value is 0.250. The van der Waals surface area contributed by atoms with Crippen LogP contribution < -0.4 is 6.15 Å². The Morgan fingerprint density at radius 1 is 1.38 bits per heavy atom. The van der Waals surface area contributed by atoms with Crippen LogP contribution >= 0.6 is 11.6 Å². The van der Waals surface area contributed by atoms with Gasteiger partial charge in [0.1, 0.15) is 0 Å². The van der Waals surface area contributed by atoms with Crippen molar-refractivity contribution in [3.8, 4) is 0 Å². The van der Waals surface area contributed by atoms with Crippen LogP contribution in [0.1, 0.15) is 33.1 Å². The minimum Gasteiger partial charge on any atom is -0.344 e. The maximum Gasteiger partial charge on any atom is 0.0333 e. The van der Waals surface area contributed by atoms with E-state index in [1.54, 1.807) is 0 Å². The number of hydrogen-bond donors (Lipinski definition) is 1. The summed E-state index contributed by atoms with van der Waals surface area (Å²) < 4.78 is 0. The smallest absolute Gasteiger partial charge is 0.0333 e. The summed E-state index contributed by atoms with van der Waals surface area (Å²) in [6.07, 6.45) is 3.48. The molecule has 0 amide bonds. The monoisotopic (exact) mass is 137 g/mol. The lowest BCUT2D eigenvalue weighted by Gasteiger charge is -1.99. The molecule has 0 aromatic rings. The molecule has 0 aliphatic rings. The topological polar surface area (TPSA) is 35.0 Å². The van der Waals surface area contributed by atoms with Crippen LogP contribution in [0, 0.1) is 0 Å². The van der Waals surface area contributed by atoms with Crippen molar-refractivity contribution in [2.24, 2.45) is 0 Å². The molecule has 0 radical (unpaired) electrons. The maximum atomic E-state index is 5.77. The van der Waals surface area contributed by atoms with Crippen LogP contribution in [0.15, 0.2) is 0 Å². The highest BCUT2D eigenvalue weighted by Gasteiger charge is 1.95. The average molecular weight is 138 g/mol. The lowest BCUT2D eigenvalue weighted by Crippen LogP contribution is -1.92. The van der Waals surface area contributed by atoms with Gasteiger partial charge in [-0.1, -0.05) is 20.3 Å². The molecule has 0 aromatic carbocycles. The van der Waals surface area contributed by atoms with E-state index in [4.69, 9.17) is 11.6 Å². The van der Waals surface area contributed by atoms with Gasteiger partial charge in [-0.2, -0.15) is 0 Å². The van der Waals surface area contributed by atoms with Gasteiger partial charge in [0.05, 0.1) is 0 Å². The third-order valence-corrected chi connectivity index (χ3v) is 1.57. The highest BCUT2D eigenvalue weighted by Crippen LogP contribution is 2.07. The Kier molecular flexibility index (Phi) is 10.1. The second-order valence-corrected chi connectivity index (χ2v) is 2.41. The van der Waals surface area contributed by atoms with E-state index in [0.29, 0.717) is 5.38 Å². The van der Waals surface area contributed by atoms with Crippen LogP contribution in [0.4, 0.5) is 0 Å². The van der Waals surface area contributed by atoms with Crippen LogP contribution in [0.2, 0.25) is 0 Å². The first kappa shape index (κ1) is 11.1. The normalized spacial score (nSPS) is 12.4. The van der Waals surface area contributed by atoms with Gasteiger partial charge in [-0.25, -0.2) is 0 Å². The fourth-order valence-corrected chi connectivity index (χ4v) is 0.736. The Bertz CT molecular complexity index is 39.5. The lowest BCUT2D eigenvalue weighted by molar-refractivity contribution is 0.711. The Morgan fingerprint density at radius 2 is 1.88 bits per heavy atom. The SMILES string of the molecule is CCCC(Cl)CC.N. The molecule has 52 valence electrons. The molecule has 8 heavy (non-hydrogen) atoms. The molecule has 0 bridgehead atoms. The summed E-state index contributed by atoms with van der Waals surface area (Å²) in [5, 5.41) is 0.421. The van der Waals surface area contributed by atoms with Crippen LogP contribution in [0.5, 0.6) is 0 Å². The molecule has 0 saturated heterocycles. The van der Waals surface area contributed by atoms with Crippen molar-refractivity contribution in [2.45, 2.75) is 38.5 Å². The van der Waals surface area contributed by atoms with Crippen molar-refractivity contribution in [2.75, 3.05) is 0 Å². The molecule has 1 nitrogen and oxygen atoms in total. The second-order valence-electron chi connectivity index (χ2n) is 1.79. The van der Waals surface area contributed by atoms with Gasteiger partial charge in [0.15, 0.2) is 0 Å². The molecule has 0 aliphatic heterocycles. The van der Waals surface area contributed by atoms with Gasteiger partial charge in [-0.05, 0) is 12.8 Å². The summed E-state index contributed by atoms with van der Waals surface area (Å²) >= 11 is 5.77. The summed E-state index contributed by atoms with van der Waals surface area (Å²) in [7, 11) is 0. The van der Waals surface area contributed by atoms with Crippen molar-refractivity contribution < 1.29 is 0 Å². The fraction of sp³-hybridized carbons (Fsp3) is 1.00. The first-order valence-electron chi connectivity index (χ1n) is 2.95. The van der Waals surface area contributed by atoms with Crippen molar-refractivity contribution in [1.82, 2.24) is 6.15 Å². The van der Waals surface area contributed by atoms with Crippen molar-refractivity contribution in [3.63, 3.8) is 0 Å². The second kappa shape index (κ2) is 7.25. The quantitative estimate of drug-likeness (QED) is 0.597. The summed E-state index contributed by atoms with van der Waals surface area (Å²) in [6.45, 7) is 4.28. The van der Waals surface area contributed by atoms with E-state index in [-0.39, 0.29) is 6.15 Å². The number of alkyl halides is 1. The predicted molar refractivity (Wildman–Crippen MR) is 39.9 cm³/mol. The standard InChI is InChI=1S/C6H13Cl.H3N/c1-3-5-6(7)4-2;/h6H,3-5H2,1-2H3;1H3. The number of halogens is 1. The van der Waals surface area contributed by atoms with Crippen molar-refractivity contribution in [1.29, 1.82) is 0 Å². The van der Waals surface area contributed by atoms with E-state index in [0.717, 1.165) is 12.8 Å². The van der Waals surface area contributed by atoms with Gasteiger partial charge < -0.3 is 6.15 Å². The molecule has 0 aliphatic carbocycles. The van der Waals surface area contributed by atoms with E-state index in [1.165, 1.54) is 6.42 Å². The van der Waals surface area contributed by atoms with Gasteiger partial charge in [0.25, 0.3) is 0 Å². The van der Waals surface area contributed by atoms with Gasteiger partial charge in [0.2, 0.25) is 0 Å². The molecular weight excluding hydrogens is 122 g/mol. The molecule has 0 rings (SSSR count). The lowest BCUT2D eigenvalue weighted by atomic mass is 10.2. The van der Waals surface area contributed by atoms with E-state index >= 15 is 0 Å². The molecule has 1 atom stereocenters. The first-order chi connectivity index (χ1) is 3.31. The average Bonchev–Trinajstić information content (AvgIpc) is 1.68. The zero-order valence-electron chi connectivity index (χ0n) is 5.78. The van der Waals surface area contributed by atoms with Crippen LogP contribution in [-0.4, -0.2) is 5.38 Å². The van der Waals surface area contributed by atoms with E-state index in [9.17, 15) is 0 Å². The van der Waals surface area contributed by atoms with Crippen molar-refractivity contribution >= 4 is 11.6 Å². The van der Waals surface area contributed by atoms with Gasteiger partial charge in [-0.3, -0.25) is 0 Å². The highest BCUT2D eigenvalue weighted by atomic mass is 35.5. The number of rotatable bonds is 3. The predicted octanol–water partition coefficient (Wildman–Crippen LogP) is 2.97. The zero-order valence-corrected chi connectivity index (χ0v) is 6.54. The molecule has 3 N–H and O–H groups in total. The summed E-state index contributed by atoms with van der Waals surface area (Å²) in [6, 6.07) is 0. The Balaban J connectivity index is 0. The van der Waals surface area contributed by atoms with Gasteiger partial charge in [-0.15, -0.1) is 11.6 Å². The Morgan fingerprint density at radius 3 is 2.00 bits per heavy atom. The third-order valence-electron chi connectivity index (χ3n) is 1.04. The van der Waals surface area contributed by atoms with Crippen LogP contribution in [0.25, 0.3) is 0 Å². The molecule has 2 heteroatoms. The van der Waals surface area contributed by atoms with Crippen LogP contribution in [0.3, 0.4) is 0 Å². The van der Waals surface area contributed by atoms with Crippen molar-refractivity contribution in [3.05, 3.63) is 0 Å². The molecule has 0 fully saturated rings. The molecule has 0 spiro atoms. The summed E-state index contributed by atoms with van der Waals surface area (Å²) in [5.41, 5.74) is 0. The molecule has 0 heterocycles. The molecule has 0 aromatic heterocycles. The zero-order chi connectivity index (χ0) is 5.70. The van der Waals surface area contributed by atoms with Gasteiger partial charge >= 0.3 is 0 Å². The van der Waals surface area contributed by atoms with E-state index in [2.05, 4.69) is 13.8 Å². The summed E-state index contributed by atoms with van der Waals surface area (Å²) in [4.78, 5) is 0.